The van der Waals surface area contributed by atoms with E-state index in [0.29, 0.717) is 15.2 Å². The van der Waals surface area contributed by atoms with Crippen molar-refractivity contribution in [2.75, 3.05) is 11.1 Å². The van der Waals surface area contributed by atoms with Crippen molar-refractivity contribution in [3.05, 3.63) is 51.2 Å². The fourth-order valence-corrected chi connectivity index (χ4v) is 2.09. The van der Waals surface area contributed by atoms with Crippen LogP contribution in [0.5, 0.6) is 0 Å². The number of anilines is 3. The SMILES string of the molecule is Nc1c(F)ccc(Nc2ccc(Br)c(Cl)c2)c1C(=O)O. The molecule has 2 rings (SSSR count). The second-order valence-electron chi connectivity index (χ2n) is 3.94. The molecule has 4 nitrogen and oxygen atoms in total. The van der Waals surface area contributed by atoms with Crippen LogP contribution in [-0.2, 0) is 0 Å². The molecule has 7 heteroatoms. The molecule has 0 saturated carbocycles. The highest BCUT2D eigenvalue weighted by atomic mass is 79.9. The maximum atomic E-state index is 13.3. The summed E-state index contributed by atoms with van der Waals surface area (Å²) in [5.41, 5.74) is 5.49. The maximum Gasteiger partial charge on any atom is 0.340 e. The number of nitrogens with two attached hydrogens (primary N) is 1. The predicted molar refractivity (Wildman–Crippen MR) is 80.2 cm³/mol. The van der Waals surface area contributed by atoms with Crippen molar-refractivity contribution in [2.45, 2.75) is 0 Å². The summed E-state index contributed by atoms with van der Waals surface area (Å²) in [6.45, 7) is 0. The Morgan fingerprint density at radius 2 is 2.05 bits per heavy atom. The van der Waals surface area contributed by atoms with Crippen molar-refractivity contribution in [2.24, 2.45) is 0 Å². The molecular weight excluding hydrogens is 351 g/mol. The topological polar surface area (TPSA) is 75.3 Å². The average molecular weight is 360 g/mol. The first kappa shape index (κ1) is 14.6. The number of carboxylic acid groups (broad SMARTS) is 1. The Hall–Kier alpha value is -1.79. The Kier molecular flexibility index (Phi) is 4.15. The van der Waals surface area contributed by atoms with Crippen LogP contribution in [0.2, 0.25) is 5.02 Å². The molecule has 20 heavy (non-hydrogen) atoms. The fraction of sp³-hybridized carbons (Fsp3) is 0. The van der Waals surface area contributed by atoms with Crippen molar-refractivity contribution in [1.29, 1.82) is 0 Å². The summed E-state index contributed by atoms with van der Waals surface area (Å²) in [4.78, 5) is 11.2. The van der Waals surface area contributed by atoms with Crippen LogP contribution in [0.15, 0.2) is 34.8 Å². The van der Waals surface area contributed by atoms with Crippen molar-refractivity contribution in [3.8, 4) is 0 Å². The second-order valence-corrected chi connectivity index (χ2v) is 5.20. The first-order chi connectivity index (χ1) is 9.40. The van der Waals surface area contributed by atoms with Gasteiger partial charge in [-0.25, -0.2) is 9.18 Å². The van der Waals surface area contributed by atoms with E-state index in [1.165, 1.54) is 6.07 Å². The maximum absolute atomic E-state index is 13.3. The van der Waals surface area contributed by atoms with Gasteiger partial charge in [0.25, 0.3) is 0 Å². The van der Waals surface area contributed by atoms with Crippen LogP contribution < -0.4 is 11.1 Å². The number of nitrogens with one attached hydrogen (secondary N) is 1. The number of hydrogen-bond donors (Lipinski definition) is 3. The van der Waals surface area contributed by atoms with E-state index in [2.05, 4.69) is 21.2 Å². The monoisotopic (exact) mass is 358 g/mol. The normalized spacial score (nSPS) is 10.3. The molecule has 4 N–H and O–H groups in total. The lowest BCUT2D eigenvalue weighted by atomic mass is 10.1. The van der Waals surface area contributed by atoms with Crippen LogP contribution in [0.25, 0.3) is 0 Å². The van der Waals surface area contributed by atoms with Crippen LogP contribution in [0, 0.1) is 5.82 Å². The highest BCUT2D eigenvalue weighted by Crippen LogP contribution is 2.31. The van der Waals surface area contributed by atoms with Gasteiger partial charge in [0.15, 0.2) is 0 Å². The van der Waals surface area contributed by atoms with E-state index >= 15 is 0 Å². The zero-order valence-electron chi connectivity index (χ0n) is 9.95. The molecule has 0 aromatic heterocycles. The first-order valence-electron chi connectivity index (χ1n) is 5.43. The molecule has 104 valence electrons. The lowest BCUT2D eigenvalue weighted by Crippen LogP contribution is -2.08. The summed E-state index contributed by atoms with van der Waals surface area (Å²) in [6.07, 6.45) is 0. The van der Waals surface area contributed by atoms with Crippen molar-refractivity contribution < 1.29 is 14.3 Å². The van der Waals surface area contributed by atoms with Gasteiger partial charge in [0.05, 0.1) is 16.4 Å². The minimum absolute atomic E-state index is 0.190. The van der Waals surface area contributed by atoms with Gasteiger partial charge in [-0.05, 0) is 46.3 Å². The number of halogens is 3. The number of aromatic carboxylic acids is 1. The Morgan fingerprint density at radius 1 is 1.35 bits per heavy atom. The summed E-state index contributed by atoms with van der Waals surface area (Å²) < 4.78 is 14.0. The number of benzene rings is 2. The van der Waals surface area contributed by atoms with E-state index in [4.69, 9.17) is 22.4 Å². The van der Waals surface area contributed by atoms with E-state index in [1.807, 2.05) is 0 Å². The molecule has 0 amide bonds. The number of carbonyl (C=O) groups is 1. The minimum atomic E-state index is -1.31. The van der Waals surface area contributed by atoms with Crippen LogP contribution in [0.4, 0.5) is 21.5 Å². The third kappa shape index (κ3) is 2.86. The third-order valence-electron chi connectivity index (χ3n) is 2.60. The Labute approximate surface area is 127 Å². The fourth-order valence-electron chi connectivity index (χ4n) is 1.66. The number of nitrogen functional groups attached to an aromatic ring is 1. The van der Waals surface area contributed by atoms with Gasteiger partial charge in [0.2, 0.25) is 0 Å². The van der Waals surface area contributed by atoms with Crippen LogP contribution in [-0.4, -0.2) is 11.1 Å². The van der Waals surface area contributed by atoms with Crippen LogP contribution in [0.1, 0.15) is 10.4 Å². The van der Waals surface area contributed by atoms with Gasteiger partial charge in [0, 0.05) is 10.2 Å². The van der Waals surface area contributed by atoms with E-state index in [-0.39, 0.29) is 11.3 Å². The van der Waals surface area contributed by atoms with Crippen LogP contribution >= 0.6 is 27.5 Å². The summed E-state index contributed by atoms with van der Waals surface area (Å²) >= 11 is 9.20. The van der Waals surface area contributed by atoms with Gasteiger partial charge in [-0.15, -0.1) is 0 Å². The van der Waals surface area contributed by atoms with Crippen molar-refractivity contribution in [3.63, 3.8) is 0 Å². The van der Waals surface area contributed by atoms with E-state index < -0.39 is 17.5 Å². The molecule has 2 aromatic carbocycles. The van der Waals surface area contributed by atoms with Gasteiger partial charge >= 0.3 is 5.97 Å². The Bertz CT molecular complexity index is 694. The number of hydrogen-bond acceptors (Lipinski definition) is 3. The number of rotatable bonds is 3. The second kappa shape index (κ2) is 5.68. The summed E-state index contributed by atoms with van der Waals surface area (Å²) in [5.74, 6) is -2.09. The highest BCUT2D eigenvalue weighted by molar-refractivity contribution is 9.10. The zero-order valence-corrected chi connectivity index (χ0v) is 12.3. The predicted octanol–water partition coefficient (Wildman–Crippen LogP) is 4.27. The highest BCUT2D eigenvalue weighted by Gasteiger charge is 2.17. The minimum Gasteiger partial charge on any atom is -0.478 e. The van der Waals surface area contributed by atoms with Gasteiger partial charge < -0.3 is 16.2 Å². The summed E-state index contributed by atoms with van der Waals surface area (Å²) in [6, 6.07) is 7.42. The average Bonchev–Trinajstić information content (AvgIpc) is 2.38. The summed E-state index contributed by atoms with van der Waals surface area (Å²) in [5, 5.41) is 12.4. The van der Waals surface area contributed by atoms with Gasteiger partial charge in [-0.1, -0.05) is 11.6 Å². The lowest BCUT2D eigenvalue weighted by Gasteiger charge is -2.12. The van der Waals surface area contributed by atoms with E-state index in [1.54, 1.807) is 18.2 Å². The molecule has 0 aliphatic carbocycles. The smallest absolute Gasteiger partial charge is 0.340 e. The van der Waals surface area contributed by atoms with Gasteiger partial charge in [-0.2, -0.15) is 0 Å². The van der Waals surface area contributed by atoms with E-state index in [0.717, 1.165) is 6.07 Å². The number of carboxylic acids is 1. The lowest BCUT2D eigenvalue weighted by molar-refractivity contribution is 0.0698. The molecular formula is C13H9BrClFN2O2. The molecule has 0 unspecified atom stereocenters. The molecule has 0 bridgehead atoms. The zero-order chi connectivity index (χ0) is 14.9. The first-order valence-corrected chi connectivity index (χ1v) is 6.60. The molecule has 0 aliphatic rings. The quantitative estimate of drug-likeness (QED) is 0.716. The third-order valence-corrected chi connectivity index (χ3v) is 3.84. The molecule has 0 radical (unpaired) electrons. The van der Waals surface area contributed by atoms with Gasteiger partial charge in [0.1, 0.15) is 11.4 Å². The largest absolute Gasteiger partial charge is 0.478 e. The van der Waals surface area contributed by atoms with Gasteiger partial charge in [-0.3, -0.25) is 0 Å². The summed E-state index contributed by atoms with van der Waals surface area (Å²) in [7, 11) is 0. The molecule has 0 spiro atoms. The Balaban J connectivity index is 2.45. The molecule has 0 fully saturated rings. The molecule has 2 aromatic rings. The molecule has 0 aliphatic heterocycles. The standard InChI is InChI=1S/C13H9BrClFN2O2/c14-7-2-1-6(5-8(7)15)18-10-4-3-9(16)12(17)11(10)13(19)20/h1-5,18H,17H2,(H,19,20). The van der Waals surface area contributed by atoms with Crippen molar-refractivity contribution in [1.82, 2.24) is 0 Å². The van der Waals surface area contributed by atoms with E-state index in [9.17, 15) is 9.18 Å². The van der Waals surface area contributed by atoms with Crippen LogP contribution in [0.3, 0.4) is 0 Å². The molecule has 0 heterocycles. The molecule has 0 saturated heterocycles. The Morgan fingerprint density at radius 3 is 2.65 bits per heavy atom. The molecule has 0 atom stereocenters. The van der Waals surface area contributed by atoms with Crippen molar-refractivity contribution >= 4 is 50.6 Å².